The number of aromatic nitrogens is 4. The third kappa shape index (κ3) is 2.86. The van der Waals surface area contributed by atoms with Gasteiger partial charge in [-0.05, 0) is 58.7 Å². The van der Waals surface area contributed by atoms with Gasteiger partial charge in [0.2, 0.25) is 0 Å². The maximum Gasteiger partial charge on any atom is 0.143 e. The molecule has 0 unspecified atom stereocenters. The number of anilines is 3. The van der Waals surface area contributed by atoms with Gasteiger partial charge in [-0.15, -0.1) is 0 Å². The Balaban J connectivity index is 1.46. The van der Waals surface area contributed by atoms with Crippen LogP contribution < -0.4 is 4.90 Å². The molecule has 0 saturated carbocycles. The third-order valence-corrected chi connectivity index (χ3v) is 6.38. The second kappa shape index (κ2) is 7.07. The highest BCUT2D eigenvalue weighted by molar-refractivity contribution is 5.87. The van der Waals surface area contributed by atoms with Gasteiger partial charge in [0.25, 0.3) is 0 Å². The van der Waals surface area contributed by atoms with Crippen molar-refractivity contribution in [1.29, 1.82) is 0 Å². The van der Waals surface area contributed by atoms with Crippen LogP contribution in [0.4, 0.5) is 17.3 Å². The largest absolute Gasteiger partial charge is 0.278 e. The van der Waals surface area contributed by atoms with Crippen molar-refractivity contribution in [2.24, 2.45) is 0 Å². The van der Waals surface area contributed by atoms with E-state index in [9.17, 15) is 0 Å². The Morgan fingerprint density at radius 1 is 0.485 bits per heavy atom. The molecule has 5 aromatic rings. The number of fused-ring (bicyclic) bond motifs is 4. The lowest BCUT2D eigenvalue weighted by atomic mass is 9.89. The minimum Gasteiger partial charge on any atom is -0.278 e. The lowest BCUT2D eigenvalue weighted by Crippen LogP contribution is -2.26. The van der Waals surface area contributed by atoms with Crippen LogP contribution in [-0.2, 0) is 12.8 Å². The molecule has 5 heteroatoms. The summed E-state index contributed by atoms with van der Waals surface area (Å²) in [7, 11) is 0. The molecule has 0 atom stereocenters. The summed E-state index contributed by atoms with van der Waals surface area (Å²) in [6.45, 7) is 0. The average molecular weight is 425 g/mol. The Morgan fingerprint density at radius 3 is 1.52 bits per heavy atom. The standard InChI is InChI=1S/C28H19N5/c1-3-14-29-22(8-1)24-12-10-20-16-18-6-5-7-19-17-21-11-13-25(23-9-2-4-15-30-23)32-28(21)33(26(18)19)27(20)31-24/h1-15H,16-17H2. The van der Waals surface area contributed by atoms with Crippen molar-refractivity contribution in [1.82, 2.24) is 19.9 Å². The molecule has 0 fully saturated rings. The predicted molar refractivity (Wildman–Crippen MR) is 129 cm³/mol. The van der Waals surface area contributed by atoms with E-state index in [1.54, 1.807) is 12.4 Å². The summed E-state index contributed by atoms with van der Waals surface area (Å²) in [6, 6.07) is 26.9. The summed E-state index contributed by atoms with van der Waals surface area (Å²) in [5, 5.41) is 0. The average Bonchev–Trinajstić information content (AvgIpc) is 2.89. The van der Waals surface area contributed by atoms with Gasteiger partial charge in [-0.1, -0.05) is 42.5 Å². The van der Waals surface area contributed by atoms with Crippen LogP contribution in [0, 0.1) is 0 Å². The quantitative estimate of drug-likeness (QED) is 0.346. The van der Waals surface area contributed by atoms with Crippen LogP contribution >= 0.6 is 0 Å². The van der Waals surface area contributed by atoms with E-state index in [-0.39, 0.29) is 0 Å². The van der Waals surface area contributed by atoms with E-state index in [1.165, 1.54) is 27.9 Å². The van der Waals surface area contributed by atoms with Crippen molar-refractivity contribution >= 4 is 17.3 Å². The van der Waals surface area contributed by atoms with Crippen LogP contribution in [0.25, 0.3) is 22.8 Å². The molecule has 0 N–H and O–H groups in total. The molecule has 1 aromatic carbocycles. The second-order valence-electron chi connectivity index (χ2n) is 8.40. The fraction of sp³-hybridized carbons (Fsp3) is 0.0714. The first-order valence-electron chi connectivity index (χ1n) is 11.1. The van der Waals surface area contributed by atoms with Crippen LogP contribution in [-0.4, -0.2) is 19.9 Å². The highest BCUT2D eigenvalue weighted by Crippen LogP contribution is 2.49. The summed E-state index contributed by atoms with van der Waals surface area (Å²) in [5.74, 6) is 1.87. The molecule has 5 nitrogen and oxygen atoms in total. The Hall–Kier alpha value is -4.38. The molecule has 2 aliphatic rings. The van der Waals surface area contributed by atoms with E-state index in [0.29, 0.717) is 0 Å². The number of para-hydroxylation sites is 1. The predicted octanol–water partition coefficient (Wildman–Crippen LogP) is 5.88. The zero-order chi connectivity index (χ0) is 21.8. The molecule has 7 rings (SSSR count). The number of pyridine rings is 4. The minimum absolute atomic E-state index is 0.861. The van der Waals surface area contributed by atoms with E-state index in [1.807, 2.05) is 36.4 Å². The molecular weight excluding hydrogens is 406 g/mol. The second-order valence-corrected chi connectivity index (χ2v) is 8.40. The van der Waals surface area contributed by atoms with Crippen LogP contribution in [0.2, 0.25) is 0 Å². The molecule has 156 valence electrons. The molecule has 0 amide bonds. The molecule has 6 heterocycles. The fourth-order valence-corrected chi connectivity index (χ4v) is 4.87. The molecule has 0 radical (unpaired) electrons. The van der Waals surface area contributed by atoms with Crippen LogP contribution in [0.3, 0.4) is 0 Å². The van der Waals surface area contributed by atoms with E-state index in [2.05, 4.69) is 57.3 Å². The monoisotopic (exact) mass is 425 g/mol. The van der Waals surface area contributed by atoms with Crippen molar-refractivity contribution in [3.05, 3.63) is 114 Å². The topological polar surface area (TPSA) is 54.8 Å². The summed E-state index contributed by atoms with van der Waals surface area (Å²) in [6.07, 6.45) is 5.33. The first-order chi connectivity index (χ1) is 16.3. The van der Waals surface area contributed by atoms with Crippen LogP contribution in [0.15, 0.2) is 91.3 Å². The van der Waals surface area contributed by atoms with E-state index in [0.717, 1.165) is 47.3 Å². The van der Waals surface area contributed by atoms with Crippen molar-refractivity contribution in [3.8, 4) is 22.8 Å². The molecular formula is C28H19N5. The number of hydrogen-bond donors (Lipinski definition) is 0. The molecule has 2 aliphatic heterocycles. The summed E-state index contributed by atoms with van der Waals surface area (Å²) < 4.78 is 0. The van der Waals surface area contributed by atoms with Crippen molar-refractivity contribution < 1.29 is 0 Å². The first-order valence-corrected chi connectivity index (χ1v) is 11.1. The Morgan fingerprint density at radius 2 is 1.03 bits per heavy atom. The van der Waals surface area contributed by atoms with Crippen molar-refractivity contribution in [2.75, 3.05) is 4.90 Å². The molecule has 0 aliphatic carbocycles. The molecule has 0 saturated heterocycles. The summed E-state index contributed by atoms with van der Waals surface area (Å²) >= 11 is 0. The van der Waals surface area contributed by atoms with Gasteiger partial charge >= 0.3 is 0 Å². The van der Waals surface area contributed by atoms with Gasteiger partial charge in [-0.2, -0.15) is 0 Å². The maximum absolute atomic E-state index is 5.12. The smallest absolute Gasteiger partial charge is 0.143 e. The zero-order valence-corrected chi connectivity index (χ0v) is 17.8. The number of benzene rings is 1. The van der Waals surface area contributed by atoms with E-state index in [4.69, 9.17) is 9.97 Å². The Labute approximate surface area is 191 Å². The van der Waals surface area contributed by atoms with Crippen molar-refractivity contribution in [3.63, 3.8) is 0 Å². The molecule has 0 bridgehead atoms. The highest BCUT2D eigenvalue weighted by atomic mass is 15.3. The van der Waals surface area contributed by atoms with Gasteiger partial charge in [-0.3, -0.25) is 14.9 Å². The number of nitrogens with zero attached hydrogens (tertiary/aromatic N) is 5. The highest BCUT2D eigenvalue weighted by Gasteiger charge is 2.33. The van der Waals surface area contributed by atoms with Gasteiger partial charge in [0.15, 0.2) is 0 Å². The van der Waals surface area contributed by atoms with Gasteiger partial charge in [-0.25, -0.2) is 9.97 Å². The van der Waals surface area contributed by atoms with Crippen LogP contribution in [0.5, 0.6) is 0 Å². The van der Waals surface area contributed by atoms with Gasteiger partial charge in [0.1, 0.15) is 11.6 Å². The number of rotatable bonds is 2. The molecule has 4 aromatic heterocycles. The fourth-order valence-electron chi connectivity index (χ4n) is 4.87. The molecule has 0 spiro atoms. The van der Waals surface area contributed by atoms with Gasteiger partial charge < -0.3 is 0 Å². The maximum atomic E-state index is 5.12. The van der Waals surface area contributed by atoms with Crippen molar-refractivity contribution in [2.45, 2.75) is 12.8 Å². The summed E-state index contributed by atoms with van der Waals surface area (Å²) in [5.41, 5.74) is 9.68. The zero-order valence-electron chi connectivity index (χ0n) is 17.8. The Kier molecular flexibility index (Phi) is 3.90. The van der Waals surface area contributed by atoms with Gasteiger partial charge in [0, 0.05) is 25.2 Å². The first kappa shape index (κ1) is 18.2. The van der Waals surface area contributed by atoms with Crippen LogP contribution in [0.1, 0.15) is 22.3 Å². The summed E-state index contributed by atoms with van der Waals surface area (Å²) in [4.78, 5) is 21.5. The third-order valence-electron chi connectivity index (χ3n) is 6.38. The number of hydrogen-bond acceptors (Lipinski definition) is 5. The normalized spacial score (nSPS) is 13.2. The molecule has 33 heavy (non-hydrogen) atoms. The van der Waals surface area contributed by atoms with E-state index < -0.39 is 0 Å². The lowest BCUT2D eigenvalue weighted by molar-refractivity contribution is 0.956. The Bertz CT molecular complexity index is 1400. The lowest BCUT2D eigenvalue weighted by Gasteiger charge is -2.37. The minimum atomic E-state index is 0.861. The van der Waals surface area contributed by atoms with E-state index >= 15 is 0 Å². The SMILES string of the molecule is c1ccc(-c2ccc3c(n2)N2c4nc(-c5ccccn5)ccc4Cc4cccc(c42)C3)nc1. The van der Waals surface area contributed by atoms with Gasteiger partial charge in [0.05, 0.1) is 28.5 Å².